The van der Waals surface area contributed by atoms with E-state index in [1.807, 2.05) is 0 Å². The highest BCUT2D eigenvalue weighted by Crippen LogP contribution is 1.92. The van der Waals surface area contributed by atoms with E-state index in [0.29, 0.717) is 0 Å². The minimum Gasteiger partial charge on any atom is -0.351 e. The van der Waals surface area contributed by atoms with E-state index in [0.717, 1.165) is 52.4 Å². The van der Waals surface area contributed by atoms with E-state index in [9.17, 15) is 0 Å². The van der Waals surface area contributed by atoms with Gasteiger partial charge in [-0.2, -0.15) is 0 Å². The molecule has 1 saturated heterocycles. The smallest absolute Gasteiger partial charge is 0.182 e. The summed E-state index contributed by atoms with van der Waals surface area (Å²) in [5.41, 5.74) is 0. The van der Waals surface area contributed by atoms with Gasteiger partial charge < -0.3 is 19.2 Å². The first-order valence-corrected chi connectivity index (χ1v) is 5.56. The van der Waals surface area contributed by atoms with Crippen LogP contribution >= 0.6 is 0 Å². The van der Waals surface area contributed by atoms with E-state index >= 15 is 0 Å². The Hall–Kier alpha value is 0.0997. The molecule has 0 aliphatic carbocycles. The number of nitrogens with zero attached hydrogens (tertiary/aromatic N) is 4. The van der Waals surface area contributed by atoms with Crippen LogP contribution in [0.5, 0.6) is 0 Å². The lowest BCUT2D eigenvalue weighted by Gasteiger charge is -2.30. The van der Waals surface area contributed by atoms with E-state index in [-0.39, 0.29) is 0 Å². The average Bonchev–Trinajstić information content (AvgIpc) is 2.27. The van der Waals surface area contributed by atoms with E-state index < -0.39 is 0 Å². The van der Waals surface area contributed by atoms with Crippen LogP contribution in [0.1, 0.15) is 0 Å². The van der Waals surface area contributed by atoms with Crippen molar-refractivity contribution in [3.05, 3.63) is 0 Å². The molecule has 1 aliphatic heterocycles. The lowest BCUT2D eigenvalue weighted by Crippen LogP contribution is -2.43. The van der Waals surface area contributed by atoms with Crippen molar-refractivity contribution in [1.82, 2.24) is 19.2 Å². The topological polar surface area (TPSA) is 13.0 Å². The molecule has 0 N–H and O–H groups in total. The molecule has 0 unspecified atom stereocenters. The van der Waals surface area contributed by atoms with Gasteiger partial charge in [0.1, 0.15) is 0 Å². The first-order valence-electron chi connectivity index (χ1n) is 5.56. The molecular weight excluding hydrogens is 195 g/mol. The van der Waals surface area contributed by atoms with Crippen LogP contribution in [0, 0.1) is 0 Å². The van der Waals surface area contributed by atoms with Gasteiger partial charge in [-0.15, -0.1) is 0 Å². The van der Waals surface area contributed by atoms with Crippen molar-refractivity contribution >= 4 is 31.9 Å². The Kier molecular flexibility index (Phi) is 6.58. The van der Waals surface area contributed by atoms with Crippen LogP contribution in [0.2, 0.25) is 0 Å². The van der Waals surface area contributed by atoms with Crippen molar-refractivity contribution in [3.8, 4) is 0 Å². The molecule has 0 saturated carbocycles. The summed E-state index contributed by atoms with van der Waals surface area (Å²) >= 11 is 0. The van der Waals surface area contributed by atoms with Gasteiger partial charge in [0, 0.05) is 0 Å². The number of rotatable bonds is 0. The number of hydrogen-bond donors (Lipinski definition) is 0. The summed E-state index contributed by atoms with van der Waals surface area (Å²) in [6.45, 7) is 5.85. The van der Waals surface area contributed by atoms with Crippen molar-refractivity contribution in [2.24, 2.45) is 0 Å². The van der Waals surface area contributed by atoms with Crippen LogP contribution in [0.25, 0.3) is 0 Å². The van der Waals surface area contributed by atoms with Gasteiger partial charge in [0.25, 0.3) is 0 Å². The first-order chi connectivity index (χ1) is 7.58. The fourth-order valence-corrected chi connectivity index (χ4v) is 1.47. The van der Waals surface area contributed by atoms with Crippen LogP contribution < -0.4 is 0 Å². The largest absolute Gasteiger partial charge is 0.351 e. The maximum absolute atomic E-state index is 5.80. The molecule has 1 rings (SSSR count). The molecule has 1 fully saturated rings. The molecule has 8 heteroatoms. The summed E-state index contributed by atoms with van der Waals surface area (Å²) in [4.78, 5) is 6.95. The molecule has 0 aromatic carbocycles. The van der Waals surface area contributed by atoms with Crippen molar-refractivity contribution < 1.29 is 0 Å². The zero-order valence-electron chi connectivity index (χ0n) is 9.76. The van der Waals surface area contributed by atoms with Crippen LogP contribution in [-0.4, -0.2) is 104 Å². The summed E-state index contributed by atoms with van der Waals surface area (Å²) < 4.78 is 0. The second-order valence-corrected chi connectivity index (χ2v) is 4.14. The zero-order chi connectivity index (χ0) is 12.0. The summed E-state index contributed by atoms with van der Waals surface area (Å²) in [7, 11) is 23.2. The molecule has 1 heterocycles. The fraction of sp³-hybridized carbons (Fsp3) is 1.00. The predicted octanol–water partition coefficient (Wildman–Crippen LogP) is -2.46. The monoisotopic (exact) mass is 212 g/mol. The second kappa shape index (κ2) is 7.43. The van der Waals surface area contributed by atoms with Crippen LogP contribution in [0.4, 0.5) is 0 Å². The molecule has 4 nitrogen and oxygen atoms in total. The van der Waals surface area contributed by atoms with Gasteiger partial charge in [-0.05, 0) is 52.4 Å². The molecule has 0 aromatic heterocycles. The molecule has 0 bridgehead atoms. The maximum atomic E-state index is 5.80. The molecule has 0 atom stereocenters. The Morgan fingerprint density at radius 1 is 0.375 bits per heavy atom. The third-order valence-electron chi connectivity index (χ3n) is 2.70. The average molecular weight is 211 g/mol. The van der Waals surface area contributed by atoms with Crippen LogP contribution in [0.3, 0.4) is 0 Å². The Morgan fingerprint density at radius 2 is 0.500 bits per heavy atom. The molecule has 0 aromatic rings. The summed E-state index contributed by atoms with van der Waals surface area (Å²) in [5.74, 6) is 0. The predicted molar refractivity (Wildman–Crippen MR) is 69.3 cm³/mol. The lowest BCUT2D eigenvalue weighted by molar-refractivity contribution is 0.291. The molecular formula is C8H16B4N4. The van der Waals surface area contributed by atoms with Gasteiger partial charge in [0.05, 0.1) is 0 Å². The van der Waals surface area contributed by atoms with E-state index in [2.05, 4.69) is 0 Å². The van der Waals surface area contributed by atoms with Crippen LogP contribution in [-0.2, 0) is 0 Å². The summed E-state index contributed by atoms with van der Waals surface area (Å²) in [5, 5.41) is 0. The molecule has 80 valence electrons. The highest BCUT2D eigenvalue weighted by atomic mass is 15.2. The van der Waals surface area contributed by atoms with E-state index in [1.54, 1.807) is 19.2 Å². The Labute approximate surface area is 104 Å². The van der Waals surface area contributed by atoms with Crippen molar-refractivity contribution in [3.63, 3.8) is 0 Å². The lowest BCUT2D eigenvalue weighted by atomic mass is 10.2. The Morgan fingerprint density at radius 3 is 0.625 bits per heavy atom. The first kappa shape index (κ1) is 14.2. The van der Waals surface area contributed by atoms with Gasteiger partial charge in [-0.25, -0.2) is 0 Å². The minimum atomic E-state index is 0.731. The molecule has 0 spiro atoms. The SMILES string of the molecule is [B]N1CCN([B])CCN([B])CCN([B])CC1. The standard InChI is InChI=1S/C8H16B4N4/c9-13-1-2-14(10)5-6-16(12)8-7-15(11)4-3-13/h1-8H2. The Bertz CT molecular complexity index is 141. The normalized spacial score (nSPS) is 26.0. The second-order valence-electron chi connectivity index (χ2n) is 4.14. The molecule has 0 amide bonds. The highest BCUT2D eigenvalue weighted by molar-refractivity contribution is 6.06. The minimum absolute atomic E-state index is 0.731. The van der Waals surface area contributed by atoms with Crippen LogP contribution in [0.15, 0.2) is 0 Å². The summed E-state index contributed by atoms with van der Waals surface area (Å²) in [6, 6.07) is 0. The van der Waals surface area contributed by atoms with E-state index in [1.165, 1.54) is 0 Å². The fourth-order valence-electron chi connectivity index (χ4n) is 1.47. The Balaban J connectivity index is 2.39. The third-order valence-corrected chi connectivity index (χ3v) is 2.70. The van der Waals surface area contributed by atoms with Crippen molar-refractivity contribution in [2.45, 2.75) is 0 Å². The van der Waals surface area contributed by atoms with Crippen molar-refractivity contribution in [2.75, 3.05) is 52.4 Å². The van der Waals surface area contributed by atoms with Crippen molar-refractivity contribution in [1.29, 1.82) is 0 Å². The van der Waals surface area contributed by atoms with E-state index in [4.69, 9.17) is 31.9 Å². The van der Waals surface area contributed by atoms with Gasteiger partial charge in [-0.1, -0.05) is 0 Å². The van der Waals surface area contributed by atoms with Gasteiger partial charge in [-0.3, -0.25) is 0 Å². The number of hydrogen-bond acceptors (Lipinski definition) is 4. The third kappa shape index (κ3) is 5.99. The molecule has 16 heavy (non-hydrogen) atoms. The highest BCUT2D eigenvalue weighted by Gasteiger charge is 2.07. The molecule has 1 aliphatic rings. The quantitative estimate of drug-likeness (QED) is 0.412. The van der Waals surface area contributed by atoms with Gasteiger partial charge >= 0.3 is 0 Å². The molecule has 8 radical (unpaired) electrons. The maximum Gasteiger partial charge on any atom is 0.182 e. The van der Waals surface area contributed by atoms with Gasteiger partial charge in [0.15, 0.2) is 31.9 Å². The summed E-state index contributed by atoms with van der Waals surface area (Å²) in [6.07, 6.45) is 0. The zero-order valence-corrected chi connectivity index (χ0v) is 9.76. The van der Waals surface area contributed by atoms with Gasteiger partial charge in [0.2, 0.25) is 0 Å².